The Kier molecular flexibility index (Phi) is 8.05. The number of ether oxygens (including phenoxy) is 2. The van der Waals surface area contributed by atoms with E-state index in [1.807, 2.05) is 0 Å². The van der Waals surface area contributed by atoms with Crippen LogP contribution in [0.2, 0.25) is 0 Å². The molecule has 3 N–H and O–H groups in total. The summed E-state index contributed by atoms with van der Waals surface area (Å²) in [6.45, 7) is 0. The molecule has 196 valence electrons. The smallest absolute Gasteiger partial charge is 0.497 e. The normalized spacial score (nSPS) is 16.2. The van der Waals surface area contributed by atoms with Gasteiger partial charge in [0.25, 0.3) is 5.91 Å². The minimum Gasteiger partial charge on any atom is -0.497 e. The van der Waals surface area contributed by atoms with Crippen molar-refractivity contribution in [3.63, 3.8) is 0 Å². The van der Waals surface area contributed by atoms with E-state index in [0.29, 0.717) is 5.75 Å². The topological polar surface area (TPSA) is 134 Å². The summed E-state index contributed by atoms with van der Waals surface area (Å²) in [5, 5.41) is 13.9. The van der Waals surface area contributed by atoms with Gasteiger partial charge in [-0.05, 0) is 35.4 Å². The van der Waals surface area contributed by atoms with Crippen LogP contribution in [0.25, 0.3) is 11.1 Å². The Morgan fingerprint density at radius 3 is 2.54 bits per heavy atom. The number of rotatable bonds is 8. The zero-order valence-corrected chi connectivity index (χ0v) is 19.5. The maximum absolute atomic E-state index is 13.0. The lowest BCUT2D eigenvalue weighted by Gasteiger charge is -2.25. The first-order chi connectivity index (χ1) is 17.4. The number of likely N-dealkylation sites (N-methyl/N-ethyl adjacent to an activating group) is 1. The molecule has 2 atom stereocenters. The van der Waals surface area contributed by atoms with Gasteiger partial charge < -0.3 is 30.1 Å². The predicted octanol–water partition coefficient (Wildman–Crippen LogP) is 3.00. The molecule has 1 unspecified atom stereocenters. The Morgan fingerprint density at radius 1 is 1.16 bits per heavy atom. The number of alkyl halides is 3. The van der Waals surface area contributed by atoms with Gasteiger partial charge in [-0.2, -0.15) is 0 Å². The second-order valence-electron chi connectivity index (χ2n) is 7.90. The molecule has 0 radical (unpaired) electrons. The van der Waals surface area contributed by atoms with E-state index in [-0.39, 0.29) is 16.7 Å². The van der Waals surface area contributed by atoms with E-state index >= 15 is 0 Å². The van der Waals surface area contributed by atoms with Crippen molar-refractivity contribution in [2.45, 2.75) is 24.9 Å². The van der Waals surface area contributed by atoms with Crippen molar-refractivity contribution in [1.29, 1.82) is 0 Å². The number of carbonyl (C=O) groups excluding carboxylic acids is 3. The number of nitrogens with one attached hydrogen (secondary N) is 2. The molecule has 3 amide bonds. The Labute approximate surface area is 208 Å². The van der Waals surface area contributed by atoms with Crippen LogP contribution in [-0.2, 0) is 14.4 Å². The van der Waals surface area contributed by atoms with E-state index in [1.165, 1.54) is 44.6 Å². The molecule has 37 heavy (non-hydrogen) atoms. The maximum Gasteiger partial charge on any atom is 0.573 e. The maximum atomic E-state index is 13.0. The van der Waals surface area contributed by atoms with Crippen LogP contribution in [0.15, 0.2) is 54.7 Å². The third-order valence-corrected chi connectivity index (χ3v) is 5.31. The second kappa shape index (κ2) is 11.0. The monoisotopic (exact) mass is 521 g/mol. The molecule has 10 nitrogen and oxygen atoms in total. The van der Waals surface area contributed by atoms with E-state index < -0.39 is 54.3 Å². The number of ketones is 1. The minimum atomic E-state index is -5.01. The number of carboxylic acids is 1. The van der Waals surface area contributed by atoms with Gasteiger partial charge >= 0.3 is 18.4 Å². The molecule has 0 aliphatic carbocycles. The molecule has 0 bridgehead atoms. The highest BCUT2D eigenvalue weighted by atomic mass is 19.4. The zero-order valence-electron chi connectivity index (χ0n) is 19.5. The average Bonchev–Trinajstić information content (AvgIpc) is 2.83. The molecule has 0 spiro atoms. The fraction of sp³-hybridized carbons (Fsp3) is 0.250. The first-order valence-electron chi connectivity index (χ1n) is 10.7. The molecule has 13 heteroatoms. The molecular formula is C24H22F3N3O7. The lowest BCUT2D eigenvalue weighted by molar-refractivity contribution is -0.274. The number of benzene rings is 2. The molecular weight excluding hydrogens is 499 g/mol. The Morgan fingerprint density at radius 2 is 1.89 bits per heavy atom. The van der Waals surface area contributed by atoms with Crippen molar-refractivity contribution < 1.29 is 46.9 Å². The Hall–Kier alpha value is -4.55. The van der Waals surface area contributed by atoms with Gasteiger partial charge in [0.05, 0.1) is 19.6 Å². The van der Waals surface area contributed by atoms with Crippen molar-refractivity contribution in [2.75, 3.05) is 14.2 Å². The summed E-state index contributed by atoms with van der Waals surface area (Å²) in [4.78, 5) is 49.5. The van der Waals surface area contributed by atoms with Gasteiger partial charge in [-0.1, -0.05) is 18.2 Å². The number of nitrogens with zero attached hydrogens (tertiary/aromatic N) is 1. The first-order valence-corrected chi connectivity index (χ1v) is 10.7. The number of hydrogen-bond acceptors (Lipinski definition) is 6. The van der Waals surface area contributed by atoms with Crippen molar-refractivity contribution in [2.24, 2.45) is 0 Å². The molecule has 2 aromatic rings. The third kappa shape index (κ3) is 6.99. The number of carboxylic acid groups (broad SMARTS) is 1. The van der Waals surface area contributed by atoms with E-state index in [4.69, 9.17) is 4.74 Å². The number of halogens is 3. The van der Waals surface area contributed by atoms with E-state index in [0.717, 1.165) is 17.0 Å². The highest BCUT2D eigenvalue weighted by Crippen LogP contribution is 2.37. The van der Waals surface area contributed by atoms with Crippen molar-refractivity contribution in [3.8, 4) is 22.6 Å². The first kappa shape index (κ1) is 27.0. The largest absolute Gasteiger partial charge is 0.573 e. The number of aliphatic carboxylic acids is 1. The van der Waals surface area contributed by atoms with Crippen LogP contribution < -0.4 is 20.1 Å². The summed E-state index contributed by atoms with van der Waals surface area (Å²) in [5.74, 6) is -2.91. The third-order valence-electron chi connectivity index (χ3n) is 5.31. The van der Waals surface area contributed by atoms with Gasteiger partial charge in [-0.25, -0.2) is 4.79 Å². The molecule has 3 rings (SSSR count). The summed E-state index contributed by atoms with van der Waals surface area (Å²) >= 11 is 0. The quantitative estimate of drug-likeness (QED) is 0.455. The minimum absolute atomic E-state index is 0.0456. The van der Waals surface area contributed by atoms with Crippen molar-refractivity contribution in [1.82, 2.24) is 15.5 Å². The molecule has 0 saturated heterocycles. The van der Waals surface area contributed by atoms with Gasteiger partial charge in [0.2, 0.25) is 0 Å². The molecule has 1 heterocycles. The lowest BCUT2D eigenvalue weighted by Crippen LogP contribution is -2.55. The number of amides is 3. The van der Waals surface area contributed by atoms with Gasteiger partial charge in [-0.15, -0.1) is 13.2 Å². The van der Waals surface area contributed by atoms with Crippen LogP contribution in [0.5, 0.6) is 11.5 Å². The number of hydrogen-bond donors (Lipinski definition) is 3. The second-order valence-corrected chi connectivity index (χ2v) is 7.90. The summed E-state index contributed by atoms with van der Waals surface area (Å²) in [5.41, 5.74) is 0.353. The number of carbonyl (C=O) groups is 4. The number of urea groups is 1. The van der Waals surface area contributed by atoms with Crippen LogP contribution in [-0.4, -0.2) is 60.3 Å². The summed E-state index contributed by atoms with van der Waals surface area (Å²) in [6, 6.07) is 5.71. The highest BCUT2D eigenvalue weighted by molar-refractivity contribution is 6.14. The fourth-order valence-corrected chi connectivity index (χ4v) is 3.57. The van der Waals surface area contributed by atoms with Crippen LogP contribution in [0.1, 0.15) is 18.0 Å². The van der Waals surface area contributed by atoms with Gasteiger partial charge in [0.15, 0.2) is 11.8 Å². The SMILES string of the molecule is COc1cccc(-c2cc([C@H](CC(=O)O)NC(=O)NC3C(=O)C=CN(C)C3=O)ccc2OC(F)(F)F)c1. The molecule has 0 aromatic heterocycles. The molecule has 0 saturated carbocycles. The van der Waals surface area contributed by atoms with E-state index in [1.54, 1.807) is 12.1 Å². The van der Waals surface area contributed by atoms with E-state index in [2.05, 4.69) is 15.4 Å². The standard InChI is InChI=1S/C24H22F3N3O7/c1-30-9-8-18(31)21(22(30)34)29-23(35)28-17(12-20(32)33)14-6-7-19(37-24(25,26)27)16(11-14)13-4-3-5-15(10-13)36-2/h3-11,17,21H,12H2,1-2H3,(H,32,33)(H2,28,29,35)/t17-,21?/m0/s1. The molecule has 0 fully saturated rings. The predicted molar refractivity (Wildman–Crippen MR) is 122 cm³/mol. The van der Waals surface area contributed by atoms with Crippen molar-refractivity contribution in [3.05, 3.63) is 60.3 Å². The summed E-state index contributed by atoms with van der Waals surface area (Å²) < 4.78 is 48.4. The van der Waals surface area contributed by atoms with E-state index in [9.17, 15) is 37.5 Å². The molecule has 2 aromatic carbocycles. The zero-order chi connectivity index (χ0) is 27.3. The van der Waals surface area contributed by atoms with Crippen molar-refractivity contribution >= 4 is 23.7 Å². The molecule has 1 aliphatic rings. The summed E-state index contributed by atoms with van der Waals surface area (Å²) in [7, 11) is 2.76. The van der Waals surface area contributed by atoms with Crippen LogP contribution in [0.3, 0.4) is 0 Å². The molecule has 1 aliphatic heterocycles. The fourth-order valence-electron chi connectivity index (χ4n) is 3.57. The van der Waals surface area contributed by atoms with Gasteiger partial charge in [-0.3, -0.25) is 14.4 Å². The highest BCUT2D eigenvalue weighted by Gasteiger charge is 2.34. The lowest BCUT2D eigenvalue weighted by atomic mass is 9.96. The van der Waals surface area contributed by atoms with Crippen LogP contribution in [0, 0.1) is 0 Å². The average molecular weight is 521 g/mol. The van der Waals surface area contributed by atoms with Gasteiger partial charge in [0.1, 0.15) is 11.5 Å². The Bertz CT molecular complexity index is 1250. The van der Waals surface area contributed by atoms with Crippen LogP contribution in [0.4, 0.5) is 18.0 Å². The number of methoxy groups -OCH3 is 1. The van der Waals surface area contributed by atoms with Gasteiger partial charge in [0, 0.05) is 24.9 Å². The Balaban J connectivity index is 1.96. The van der Waals surface area contributed by atoms with Crippen LogP contribution >= 0.6 is 0 Å². The summed E-state index contributed by atoms with van der Waals surface area (Å²) in [6.07, 6.45) is -3.33.